The van der Waals surface area contributed by atoms with Crippen molar-refractivity contribution in [2.24, 2.45) is 0 Å². The number of ether oxygens (including phenoxy) is 3. The lowest BCUT2D eigenvalue weighted by atomic mass is 9.92. The molecule has 0 fully saturated rings. The Morgan fingerprint density at radius 2 is 1.24 bits per heavy atom. The van der Waals surface area contributed by atoms with Crippen LogP contribution in [0, 0.1) is 0 Å². The monoisotopic (exact) mass is 722 g/mol. The van der Waals surface area contributed by atoms with E-state index in [4.69, 9.17) is 14.2 Å². The van der Waals surface area contributed by atoms with E-state index in [1.807, 2.05) is 73.7 Å². The van der Waals surface area contributed by atoms with Crippen molar-refractivity contribution in [3.8, 4) is 39.5 Å². The quantitative estimate of drug-likeness (QED) is 0.0540. The van der Waals surface area contributed by atoms with Crippen LogP contribution in [0.5, 0.6) is 17.2 Å². The molecule has 6 aromatic rings. The van der Waals surface area contributed by atoms with E-state index in [9.17, 15) is 14.7 Å². The first-order valence-electron chi connectivity index (χ1n) is 19.4. The fourth-order valence-electron chi connectivity index (χ4n) is 6.92. The number of rotatable bonds is 18. The van der Waals surface area contributed by atoms with Crippen LogP contribution in [0.15, 0.2) is 121 Å². The number of benzene rings is 6. The van der Waals surface area contributed by atoms with Crippen LogP contribution in [-0.2, 0) is 9.53 Å². The van der Waals surface area contributed by atoms with E-state index in [0.717, 1.165) is 88.1 Å². The van der Waals surface area contributed by atoms with Crippen molar-refractivity contribution in [1.82, 2.24) is 0 Å². The van der Waals surface area contributed by atoms with Gasteiger partial charge in [0, 0.05) is 17.5 Å². The fourth-order valence-corrected chi connectivity index (χ4v) is 6.92. The molecule has 0 bridgehead atoms. The van der Waals surface area contributed by atoms with E-state index in [1.54, 1.807) is 30.3 Å². The zero-order chi connectivity index (χ0) is 37.7. The number of esters is 2. The summed E-state index contributed by atoms with van der Waals surface area (Å²) in [6.07, 6.45) is 9.12. The maximum Gasteiger partial charge on any atom is 0.338 e. The van der Waals surface area contributed by atoms with Crippen LogP contribution in [0.3, 0.4) is 0 Å². The Balaban J connectivity index is 0.941. The van der Waals surface area contributed by atoms with Gasteiger partial charge < -0.3 is 19.3 Å². The van der Waals surface area contributed by atoms with Gasteiger partial charge in [-0.3, -0.25) is 4.79 Å². The molecule has 0 saturated carbocycles. The van der Waals surface area contributed by atoms with Gasteiger partial charge >= 0.3 is 11.9 Å². The number of hydrogen-bond acceptors (Lipinski definition) is 6. The fraction of sp³-hybridized carbons (Fsp3) is 0.292. The first-order valence-corrected chi connectivity index (χ1v) is 19.4. The minimum atomic E-state index is -0.297. The number of carbonyl (C=O) groups is 2. The summed E-state index contributed by atoms with van der Waals surface area (Å²) < 4.78 is 17.6. The number of phenols is 1. The summed E-state index contributed by atoms with van der Waals surface area (Å²) in [5.74, 6) is 0.923. The van der Waals surface area contributed by atoms with Crippen LogP contribution in [-0.4, -0.2) is 29.8 Å². The van der Waals surface area contributed by atoms with Gasteiger partial charge in [0.2, 0.25) is 0 Å². The number of unbranched alkanes of at least 4 members (excludes halogenated alkanes) is 6. The molecule has 0 unspecified atom stereocenters. The van der Waals surface area contributed by atoms with Crippen LogP contribution in [0.25, 0.3) is 43.8 Å². The topological polar surface area (TPSA) is 82.1 Å². The summed E-state index contributed by atoms with van der Waals surface area (Å²) in [5, 5.41) is 15.2. The van der Waals surface area contributed by atoms with E-state index in [1.165, 1.54) is 19.3 Å². The zero-order valence-corrected chi connectivity index (χ0v) is 31.4. The van der Waals surface area contributed by atoms with Crippen LogP contribution >= 0.6 is 0 Å². The van der Waals surface area contributed by atoms with Gasteiger partial charge in [-0.1, -0.05) is 124 Å². The molecule has 54 heavy (non-hydrogen) atoms. The van der Waals surface area contributed by atoms with Crippen molar-refractivity contribution in [2.75, 3.05) is 6.61 Å². The summed E-state index contributed by atoms with van der Waals surface area (Å²) in [5.41, 5.74) is 4.13. The third-order valence-corrected chi connectivity index (χ3v) is 9.89. The lowest BCUT2D eigenvalue weighted by molar-refractivity contribution is -0.134. The molecule has 0 heterocycles. The smallest absolute Gasteiger partial charge is 0.338 e. The maximum absolute atomic E-state index is 12.6. The highest BCUT2D eigenvalue weighted by atomic mass is 16.5. The minimum Gasteiger partial charge on any atom is -0.507 e. The third kappa shape index (κ3) is 9.87. The molecule has 0 spiro atoms. The second kappa shape index (κ2) is 18.9. The molecule has 6 rings (SSSR count). The normalized spacial score (nSPS) is 11.7. The largest absolute Gasteiger partial charge is 0.507 e. The third-order valence-electron chi connectivity index (χ3n) is 9.89. The van der Waals surface area contributed by atoms with E-state index in [0.29, 0.717) is 24.3 Å². The molecule has 0 aromatic heterocycles. The average Bonchev–Trinajstić information content (AvgIpc) is 3.19. The van der Waals surface area contributed by atoms with Gasteiger partial charge in [-0.2, -0.15) is 0 Å². The van der Waals surface area contributed by atoms with Crippen LogP contribution in [0.4, 0.5) is 0 Å². The van der Waals surface area contributed by atoms with Crippen molar-refractivity contribution in [3.05, 3.63) is 127 Å². The summed E-state index contributed by atoms with van der Waals surface area (Å²) in [7, 11) is 0. The van der Waals surface area contributed by atoms with Crippen molar-refractivity contribution in [2.45, 2.75) is 84.2 Å². The molecular weight excluding hydrogens is 673 g/mol. The molecule has 6 aromatic carbocycles. The summed E-state index contributed by atoms with van der Waals surface area (Å²) in [4.78, 5) is 25.2. The summed E-state index contributed by atoms with van der Waals surface area (Å²) in [6, 6.07) is 38.8. The van der Waals surface area contributed by atoms with Crippen molar-refractivity contribution in [1.29, 1.82) is 0 Å². The van der Waals surface area contributed by atoms with Gasteiger partial charge in [0.1, 0.15) is 17.2 Å². The van der Waals surface area contributed by atoms with Gasteiger partial charge in [-0.25, -0.2) is 4.79 Å². The predicted molar refractivity (Wildman–Crippen MR) is 218 cm³/mol. The predicted octanol–water partition coefficient (Wildman–Crippen LogP) is 12.5. The van der Waals surface area contributed by atoms with Crippen molar-refractivity contribution >= 4 is 33.5 Å². The Morgan fingerprint density at radius 3 is 1.94 bits per heavy atom. The molecule has 0 aliphatic rings. The van der Waals surface area contributed by atoms with Gasteiger partial charge in [0.25, 0.3) is 0 Å². The molecule has 0 aliphatic carbocycles. The number of carbonyl (C=O) groups excluding carboxylic acids is 2. The second-order valence-electron chi connectivity index (χ2n) is 14.0. The lowest BCUT2D eigenvalue weighted by Gasteiger charge is -2.17. The van der Waals surface area contributed by atoms with E-state index >= 15 is 0 Å². The Hall–Kier alpha value is -5.62. The Morgan fingerprint density at radius 1 is 0.630 bits per heavy atom. The highest BCUT2D eigenvalue weighted by Crippen LogP contribution is 2.45. The molecule has 0 aliphatic heterocycles. The zero-order valence-electron chi connectivity index (χ0n) is 31.4. The first kappa shape index (κ1) is 38.1. The number of phenolic OH excluding ortho intramolecular Hbond substituents is 1. The van der Waals surface area contributed by atoms with Crippen LogP contribution in [0.2, 0.25) is 0 Å². The molecule has 0 radical (unpaired) electrons. The Labute approximate surface area is 318 Å². The molecular formula is C48H50O6. The summed E-state index contributed by atoms with van der Waals surface area (Å²) in [6.45, 7) is 4.66. The highest BCUT2D eigenvalue weighted by Gasteiger charge is 2.18. The number of aromatic hydroxyl groups is 1. The molecule has 1 N–H and O–H groups in total. The van der Waals surface area contributed by atoms with Gasteiger partial charge in [0.15, 0.2) is 0 Å². The first-order chi connectivity index (χ1) is 26.4. The van der Waals surface area contributed by atoms with Gasteiger partial charge in [-0.05, 0) is 102 Å². The molecule has 6 heteroatoms. The molecule has 0 saturated heterocycles. The Kier molecular flexibility index (Phi) is 13.4. The highest BCUT2D eigenvalue weighted by molar-refractivity contribution is 6.09. The molecule has 1 atom stereocenters. The maximum atomic E-state index is 12.6. The van der Waals surface area contributed by atoms with Crippen LogP contribution in [0.1, 0.15) is 88.4 Å². The average molecular weight is 723 g/mol. The van der Waals surface area contributed by atoms with Crippen molar-refractivity contribution < 1.29 is 28.9 Å². The number of hydrogen-bond donors (Lipinski definition) is 1. The van der Waals surface area contributed by atoms with Gasteiger partial charge in [-0.15, -0.1) is 0 Å². The second-order valence-corrected chi connectivity index (χ2v) is 14.0. The van der Waals surface area contributed by atoms with Gasteiger partial charge in [0.05, 0.1) is 18.3 Å². The van der Waals surface area contributed by atoms with E-state index < -0.39 is 0 Å². The number of fused-ring (bicyclic) bond motifs is 2. The van der Waals surface area contributed by atoms with Crippen molar-refractivity contribution in [3.63, 3.8) is 0 Å². The lowest BCUT2D eigenvalue weighted by Crippen LogP contribution is -2.15. The molecule has 278 valence electrons. The van der Waals surface area contributed by atoms with E-state index in [2.05, 4.69) is 31.2 Å². The minimum absolute atomic E-state index is 0.0980. The van der Waals surface area contributed by atoms with E-state index in [-0.39, 0.29) is 23.8 Å². The SMILES string of the molecule is CCCCCC[C@@H](C)OC(=O)c1ccc(-c2ccc(OC(=O)CCCCCCOc3ccc4ccccc4c3-c3c(O)ccc4ccccc34)cc2)cc1. The van der Waals surface area contributed by atoms with Crippen LogP contribution < -0.4 is 9.47 Å². The Bertz CT molecular complexity index is 2150. The molecule has 0 amide bonds. The summed E-state index contributed by atoms with van der Waals surface area (Å²) >= 11 is 0. The molecule has 6 nitrogen and oxygen atoms in total. The standard InChI is InChI=1S/C48H50O6/c1-3-4-5-8-15-34(2)53-48(51)39-23-21-35(22-24-39)36-25-29-40(30-26-36)54-45(50)20-9-6-7-14-33-52-44-32-28-38-17-11-13-19-42(38)47(44)46-41-18-12-10-16-37(41)27-31-43(46)49/h10-13,16-19,21-32,34,49H,3-9,14-15,20,33H2,1-2H3/t34-/m1/s1.